The molecule has 0 aliphatic rings. The summed E-state index contributed by atoms with van der Waals surface area (Å²) >= 11 is 0. The maximum absolute atomic E-state index is 11.0. The van der Waals surface area contributed by atoms with Crippen LogP contribution in [0.3, 0.4) is 0 Å². The lowest BCUT2D eigenvalue weighted by Crippen LogP contribution is -2.35. The molecule has 0 saturated carbocycles. The third-order valence-electron chi connectivity index (χ3n) is 2.50. The van der Waals surface area contributed by atoms with Gasteiger partial charge in [0.1, 0.15) is 6.29 Å². The molecule has 0 fully saturated rings. The molecule has 0 amide bonds. The fraction of sp³-hybridized carbons (Fsp3) is 0.385. The highest BCUT2D eigenvalue weighted by Gasteiger charge is 2.23. The van der Waals surface area contributed by atoms with Gasteiger partial charge in [-0.15, -0.1) is 0 Å². The largest absolute Gasteiger partial charge is 0.478 e. The van der Waals surface area contributed by atoms with Crippen LogP contribution < -0.4 is 5.32 Å². The van der Waals surface area contributed by atoms with E-state index < -0.39 is 5.97 Å². The van der Waals surface area contributed by atoms with E-state index in [-0.39, 0.29) is 17.0 Å². The number of nitrogens with one attached hydrogen (secondary N) is 1. The van der Waals surface area contributed by atoms with Gasteiger partial charge in [0.25, 0.3) is 0 Å². The molecule has 0 unspecified atom stereocenters. The topological polar surface area (TPSA) is 66.4 Å². The van der Waals surface area contributed by atoms with Crippen LogP contribution in [0.2, 0.25) is 0 Å². The van der Waals surface area contributed by atoms with Crippen LogP contribution in [-0.4, -0.2) is 23.4 Å². The molecule has 0 saturated heterocycles. The average molecular weight is 235 g/mol. The fourth-order valence-corrected chi connectivity index (χ4v) is 1.38. The number of aromatic carboxylic acids is 1. The summed E-state index contributed by atoms with van der Waals surface area (Å²) in [5.74, 6) is -0.980. The van der Waals surface area contributed by atoms with E-state index in [0.717, 1.165) is 6.29 Å². The Labute approximate surface area is 101 Å². The van der Waals surface area contributed by atoms with E-state index >= 15 is 0 Å². The maximum atomic E-state index is 11.0. The van der Waals surface area contributed by atoms with Gasteiger partial charge >= 0.3 is 5.97 Å². The van der Waals surface area contributed by atoms with Crippen molar-refractivity contribution in [3.05, 3.63) is 29.8 Å². The number of carbonyl (C=O) groups excluding carboxylic acids is 1. The zero-order valence-electron chi connectivity index (χ0n) is 10.2. The van der Waals surface area contributed by atoms with Crippen molar-refractivity contribution < 1.29 is 14.7 Å². The second kappa shape index (κ2) is 4.99. The van der Waals surface area contributed by atoms with Gasteiger partial charge in [-0.05, 0) is 23.6 Å². The zero-order chi connectivity index (χ0) is 13.1. The van der Waals surface area contributed by atoms with Crippen LogP contribution in [0.1, 0.15) is 31.1 Å². The minimum absolute atomic E-state index is 0.202. The van der Waals surface area contributed by atoms with Crippen LogP contribution in [0, 0.1) is 5.41 Å². The van der Waals surface area contributed by atoms with E-state index in [1.165, 1.54) is 12.1 Å². The SMILES string of the molecule is CC(C)(C)[C@@H](C=O)Nc1cccc(C(=O)O)c1. The minimum atomic E-state index is -0.980. The minimum Gasteiger partial charge on any atom is -0.478 e. The van der Waals surface area contributed by atoms with Crippen LogP contribution >= 0.6 is 0 Å². The van der Waals surface area contributed by atoms with Crippen LogP contribution in [-0.2, 0) is 4.79 Å². The smallest absolute Gasteiger partial charge is 0.335 e. The normalized spacial score (nSPS) is 12.9. The van der Waals surface area contributed by atoms with Crippen molar-refractivity contribution in [2.45, 2.75) is 26.8 Å². The summed E-state index contributed by atoms with van der Waals surface area (Å²) in [7, 11) is 0. The summed E-state index contributed by atoms with van der Waals surface area (Å²) < 4.78 is 0. The van der Waals surface area contributed by atoms with Gasteiger partial charge in [-0.2, -0.15) is 0 Å². The monoisotopic (exact) mass is 235 g/mol. The molecule has 92 valence electrons. The molecule has 2 N–H and O–H groups in total. The van der Waals surface area contributed by atoms with Crippen molar-refractivity contribution in [3.8, 4) is 0 Å². The van der Waals surface area contributed by atoms with E-state index in [2.05, 4.69) is 5.32 Å². The number of carboxylic acids is 1. The molecule has 0 bridgehead atoms. The van der Waals surface area contributed by atoms with E-state index in [1.807, 2.05) is 20.8 Å². The highest BCUT2D eigenvalue weighted by Crippen LogP contribution is 2.22. The van der Waals surface area contributed by atoms with Crippen LogP contribution in [0.25, 0.3) is 0 Å². The summed E-state index contributed by atoms with van der Waals surface area (Å²) in [5.41, 5.74) is 0.617. The van der Waals surface area contributed by atoms with Crippen molar-refractivity contribution in [1.29, 1.82) is 0 Å². The molecule has 0 radical (unpaired) electrons. The van der Waals surface area contributed by atoms with Crippen LogP contribution in [0.15, 0.2) is 24.3 Å². The molecule has 4 heteroatoms. The number of carbonyl (C=O) groups is 2. The lowest BCUT2D eigenvalue weighted by molar-refractivity contribution is -0.110. The molecule has 1 aromatic carbocycles. The van der Waals surface area contributed by atoms with Crippen molar-refractivity contribution in [1.82, 2.24) is 0 Å². The number of anilines is 1. The Morgan fingerprint density at radius 1 is 1.41 bits per heavy atom. The maximum Gasteiger partial charge on any atom is 0.335 e. The first kappa shape index (κ1) is 13.2. The highest BCUT2D eigenvalue weighted by atomic mass is 16.4. The zero-order valence-corrected chi connectivity index (χ0v) is 10.2. The molecule has 0 aliphatic heterocycles. The number of aldehydes is 1. The summed E-state index contributed by atoms with van der Waals surface area (Å²) in [6.07, 6.45) is 0.841. The molecule has 1 atom stereocenters. The molecule has 1 rings (SSSR count). The molecule has 0 aromatic heterocycles. The Morgan fingerprint density at radius 3 is 2.53 bits per heavy atom. The van der Waals surface area contributed by atoms with Gasteiger partial charge in [0.15, 0.2) is 0 Å². The Bertz CT molecular complexity index is 421. The lowest BCUT2D eigenvalue weighted by atomic mass is 9.87. The van der Waals surface area contributed by atoms with Gasteiger partial charge in [-0.25, -0.2) is 4.79 Å². The van der Waals surface area contributed by atoms with E-state index in [9.17, 15) is 9.59 Å². The third kappa shape index (κ3) is 3.59. The number of hydrogen-bond donors (Lipinski definition) is 2. The van der Waals surface area contributed by atoms with Gasteiger partial charge < -0.3 is 15.2 Å². The summed E-state index contributed by atoms with van der Waals surface area (Å²) in [6.45, 7) is 5.83. The van der Waals surface area contributed by atoms with E-state index in [1.54, 1.807) is 12.1 Å². The molecule has 0 heterocycles. The quantitative estimate of drug-likeness (QED) is 0.786. The first-order valence-corrected chi connectivity index (χ1v) is 5.40. The Kier molecular flexibility index (Phi) is 3.89. The average Bonchev–Trinajstić information content (AvgIpc) is 2.24. The van der Waals surface area contributed by atoms with Gasteiger partial charge in [0.2, 0.25) is 0 Å². The Hall–Kier alpha value is -1.84. The van der Waals surface area contributed by atoms with Gasteiger partial charge in [-0.3, -0.25) is 0 Å². The molecule has 1 aromatic rings. The van der Waals surface area contributed by atoms with Crippen molar-refractivity contribution in [2.24, 2.45) is 5.41 Å². The molecular weight excluding hydrogens is 218 g/mol. The van der Waals surface area contributed by atoms with Crippen molar-refractivity contribution in [3.63, 3.8) is 0 Å². The van der Waals surface area contributed by atoms with Crippen molar-refractivity contribution in [2.75, 3.05) is 5.32 Å². The third-order valence-corrected chi connectivity index (χ3v) is 2.50. The fourth-order valence-electron chi connectivity index (χ4n) is 1.38. The van der Waals surface area contributed by atoms with Crippen LogP contribution in [0.5, 0.6) is 0 Å². The second-order valence-electron chi connectivity index (χ2n) is 5.01. The second-order valence-corrected chi connectivity index (χ2v) is 5.01. The molecule has 17 heavy (non-hydrogen) atoms. The first-order valence-electron chi connectivity index (χ1n) is 5.40. The number of rotatable bonds is 4. The van der Waals surface area contributed by atoms with Gasteiger partial charge in [-0.1, -0.05) is 26.8 Å². The van der Waals surface area contributed by atoms with Gasteiger partial charge in [0, 0.05) is 5.69 Å². The molecular formula is C13H17NO3. The summed E-state index contributed by atoms with van der Waals surface area (Å²) in [6, 6.07) is 6.07. The molecule has 0 aliphatic carbocycles. The predicted molar refractivity (Wildman–Crippen MR) is 66.3 cm³/mol. The summed E-state index contributed by atoms with van der Waals surface area (Å²) in [4.78, 5) is 21.8. The molecule has 4 nitrogen and oxygen atoms in total. The first-order chi connectivity index (χ1) is 7.84. The predicted octanol–water partition coefficient (Wildman–Crippen LogP) is 2.41. The van der Waals surface area contributed by atoms with Crippen LogP contribution in [0.4, 0.5) is 5.69 Å². The number of carboxylic acid groups (broad SMARTS) is 1. The summed E-state index contributed by atoms with van der Waals surface area (Å²) in [5, 5.41) is 11.9. The van der Waals surface area contributed by atoms with E-state index in [4.69, 9.17) is 5.11 Å². The van der Waals surface area contributed by atoms with Gasteiger partial charge in [0.05, 0.1) is 11.6 Å². The van der Waals surface area contributed by atoms with E-state index in [0.29, 0.717) is 5.69 Å². The highest BCUT2D eigenvalue weighted by molar-refractivity contribution is 5.88. The lowest BCUT2D eigenvalue weighted by Gasteiger charge is -2.27. The number of hydrogen-bond acceptors (Lipinski definition) is 3. The number of benzene rings is 1. The Balaban J connectivity index is 2.91. The van der Waals surface area contributed by atoms with Crippen molar-refractivity contribution >= 4 is 17.9 Å². The Morgan fingerprint density at radius 2 is 2.06 bits per heavy atom. The standard InChI is InChI=1S/C13H17NO3/c1-13(2,3)11(8-15)14-10-6-4-5-9(7-10)12(16)17/h4-8,11,14H,1-3H3,(H,16,17)/t11-/m1/s1. The molecule has 0 spiro atoms.